The molecule has 0 aliphatic rings. The van der Waals surface area contributed by atoms with Crippen molar-refractivity contribution < 1.29 is 9.31 Å². The minimum atomic E-state index is -0.218. The molecule has 76 valence electrons. The molecule has 0 aromatic heterocycles. The zero-order valence-corrected chi connectivity index (χ0v) is 9.12. The van der Waals surface area contributed by atoms with Crippen LogP contribution in [-0.2, 0) is 9.31 Å². The van der Waals surface area contributed by atoms with Crippen molar-refractivity contribution in [1.29, 1.82) is 0 Å². The van der Waals surface area contributed by atoms with Crippen LogP contribution in [0.3, 0.4) is 0 Å². The minimum Gasteiger partial charge on any atom is -0.408 e. The van der Waals surface area contributed by atoms with Crippen molar-refractivity contribution in [2.24, 2.45) is 0 Å². The second kappa shape index (κ2) is 5.84. The topological polar surface area (TPSA) is 18.5 Å². The standard InChI is InChI=1S/C11H17BO2/c1-4-13-12(14-5-2)11-8-6-7-10(3)9-11/h6-9H,4-5H2,1-3H3. The van der Waals surface area contributed by atoms with Gasteiger partial charge in [0, 0.05) is 13.2 Å². The third-order valence-corrected chi connectivity index (χ3v) is 1.95. The number of hydrogen-bond acceptors (Lipinski definition) is 2. The van der Waals surface area contributed by atoms with Crippen molar-refractivity contribution in [1.82, 2.24) is 0 Å². The molecule has 3 heteroatoms. The molecule has 0 atom stereocenters. The smallest absolute Gasteiger partial charge is 0.408 e. The second-order valence-corrected chi connectivity index (χ2v) is 3.16. The predicted octanol–water partition coefficient (Wildman–Crippen LogP) is 1.76. The molecule has 0 N–H and O–H groups in total. The first-order valence-corrected chi connectivity index (χ1v) is 5.07. The quantitative estimate of drug-likeness (QED) is 0.661. The zero-order valence-electron chi connectivity index (χ0n) is 9.12. The van der Waals surface area contributed by atoms with E-state index in [0.29, 0.717) is 13.2 Å². The Labute approximate surface area is 86.4 Å². The van der Waals surface area contributed by atoms with Crippen LogP contribution < -0.4 is 5.46 Å². The Hall–Kier alpha value is -0.795. The number of benzene rings is 1. The third-order valence-electron chi connectivity index (χ3n) is 1.95. The molecule has 0 heterocycles. The van der Waals surface area contributed by atoms with Crippen LogP contribution in [0.2, 0.25) is 0 Å². The Morgan fingerprint density at radius 3 is 2.29 bits per heavy atom. The molecule has 0 unspecified atom stereocenters. The van der Waals surface area contributed by atoms with Gasteiger partial charge in [-0.1, -0.05) is 29.8 Å². The summed E-state index contributed by atoms with van der Waals surface area (Å²) < 4.78 is 11.0. The fraction of sp³-hybridized carbons (Fsp3) is 0.455. The van der Waals surface area contributed by atoms with Crippen molar-refractivity contribution in [2.45, 2.75) is 20.8 Å². The van der Waals surface area contributed by atoms with Gasteiger partial charge in [-0.25, -0.2) is 0 Å². The highest BCUT2D eigenvalue weighted by Gasteiger charge is 2.19. The maximum Gasteiger partial charge on any atom is 0.493 e. The Kier molecular flexibility index (Phi) is 4.70. The van der Waals surface area contributed by atoms with Gasteiger partial charge in [-0.05, 0) is 26.2 Å². The van der Waals surface area contributed by atoms with E-state index in [9.17, 15) is 0 Å². The van der Waals surface area contributed by atoms with Crippen LogP contribution in [0.15, 0.2) is 24.3 Å². The number of hydrogen-bond donors (Lipinski definition) is 0. The summed E-state index contributed by atoms with van der Waals surface area (Å²) in [5, 5.41) is 0. The van der Waals surface area contributed by atoms with E-state index in [0.717, 1.165) is 5.46 Å². The Bertz CT molecular complexity index is 270. The fourth-order valence-electron chi connectivity index (χ4n) is 1.36. The highest BCUT2D eigenvalue weighted by Crippen LogP contribution is 1.97. The summed E-state index contributed by atoms with van der Waals surface area (Å²) in [5.41, 5.74) is 2.32. The molecule has 0 amide bonds. The van der Waals surface area contributed by atoms with Crippen LogP contribution in [0.5, 0.6) is 0 Å². The summed E-state index contributed by atoms with van der Waals surface area (Å²) in [4.78, 5) is 0. The van der Waals surface area contributed by atoms with Crippen LogP contribution in [0.4, 0.5) is 0 Å². The van der Waals surface area contributed by atoms with Gasteiger partial charge < -0.3 is 9.31 Å². The molecular weight excluding hydrogens is 175 g/mol. The van der Waals surface area contributed by atoms with Gasteiger partial charge in [-0.15, -0.1) is 0 Å². The predicted molar refractivity (Wildman–Crippen MR) is 59.8 cm³/mol. The molecule has 0 aliphatic carbocycles. The Morgan fingerprint density at radius 1 is 1.14 bits per heavy atom. The first kappa shape index (κ1) is 11.3. The van der Waals surface area contributed by atoms with Crippen LogP contribution >= 0.6 is 0 Å². The van der Waals surface area contributed by atoms with Crippen LogP contribution in [0.1, 0.15) is 19.4 Å². The summed E-state index contributed by atoms with van der Waals surface area (Å²) >= 11 is 0. The molecule has 1 aromatic rings. The fourth-order valence-corrected chi connectivity index (χ4v) is 1.36. The maximum atomic E-state index is 5.50. The van der Waals surface area contributed by atoms with Gasteiger partial charge >= 0.3 is 7.12 Å². The van der Waals surface area contributed by atoms with Crippen LogP contribution in [-0.4, -0.2) is 20.3 Å². The summed E-state index contributed by atoms with van der Waals surface area (Å²) in [6, 6.07) is 8.22. The van der Waals surface area contributed by atoms with Crippen molar-refractivity contribution in [2.75, 3.05) is 13.2 Å². The van der Waals surface area contributed by atoms with Crippen molar-refractivity contribution >= 4 is 12.6 Å². The highest BCUT2D eigenvalue weighted by atomic mass is 16.6. The summed E-state index contributed by atoms with van der Waals surface area (Å²) in [6.07, 6.45) is 0. The van der Waals surface area contributed by atoms with Gasteiger partial charge in [-0.3, -0.25) is 0 Å². The minimum absolute atomic E-state index is 0.218. The molecular formula is C11H17BO2. The van der Waals surface area contributed by atoms with Crippen LogP contribution in [0, 0.1) is 6.92 Å². The molecule has 1 aromatic carbocycles. The summed E-state index contributed by atoms with van der Waals surface area (Å²) in [7, 11) is -0.218. The highest BCUT2D eigenvalue weighted by molar-refractivity contribution is 6.61. The third kappa shape index (κ3) is 3.16. The molecule has 0 saturated heterocycles. The van der Waals surface area contributed by atoms with Gasteiger partial charge in [0.15, 0.2) is 0 Å². The average molecular weight is 192 g/mol. The molecule has 0 bridgehead atoms. The lowest BCUT2D eigenvalue weighted by Gasteiger charge is -2.12. The largest absolute Gasteiger partial charge is 0.493 e. The number of rotatable bonds is 5. The van der Waals surface area contributed by atoms with E-state index in [1.165, 1.54) is 5.56 Å². The lowest BCUT2D eigenvalue weighted by atomic mass is 9.78. The number of aryl methyl sites for hydroxylation is 1. The van der Waals surface area contributed by atoms with E-state index in [1.54, 1.807) is 0 Å². The van der Waals surface area contributed by atoms with E-state index in [1.807, 2.05) is 26.0 Å². The molecule has 0 fully saturated rings. The van der Waals surface area contributed by atoms with Crippen molar-refractivity contribution in [3.8, 4) is 0 Å². The average Bonchev–Trinajstić information content (AvgIpc) is 2.17. The summed E-state index contributed by atoms with van der Waals surface area (Å²) in [6.45, 7) is 7.35. The molecule has 0 aliphatic heterocycles. The maximum absolute atomic E-state index is 5.50. The molecule has 0 radical (unpaired) electrons. The van der Waals surface area contributed by atoms with Gasteiger partial charge in [0.1, 0.15) is 0 Å². The van der Waals surface area contributed by atoms with Gasteiger partial charge in [0.25, 0.3) is 0 Å². The molecule has 1 rings (SSSR count). The lowest BCUT2D eigenvalue weighted by molar-refractivity contribution is 0.225. The van der Waals surface area contributed by atoms with E-state index in [-0.39, 0.29) is 7.12 Å². The van der Waals surface area contributed by atoms with E-state index < -0.39 is 0 Å². The lowest BCUT2D eigenvalue weighted by Crippen LogP contribution is -2.37. The molecule has 0 spiro atoms. The molecule has 2 nitrogen and oxygen atoms in total. The molecule has 14 heavy (non-hydrogen) atoms. The molecule has 0 saturated carbocycles. The summed E-state index contributed by atoms with van der Waals surface area (Å²) in [5.74, 6) is 0. The first-order valence-electron chi connectivity index (χ1n) is 5.07. The van der Waals surface area contributed by atoms with Crippen molar-refractivity contribution in [3.63, 3.8) is 0 Å². The van der Waals surface area contributed by atoms with Gasteiger partial charge in [0.05, 0.1) is 0 Å². The zero-order chi connectivity index (χ0) is 10.4. The SMILES string of the molecule is CCOB(OCC)c1cccc(C)c1. The Morgan fingerprint density at radius 2 is 1.79 bits per heavy atom. The normalized spacial score (nSPS) is 10.2. The van der Waals surface area contributed by atoms with Crippen LogP contribution in [0.25, 0.3) is 0 Å². The van der Waals surface area contributed by atoms with E-state index in [4.69, 9.17) is 9.31 Å². The Balaban J connectivity index is 2.75. The first-order chi connectivity index (χ1) is 6.77. The van der Waals surface area contributed by atoms with Gasteiger partial charge in [-0.2, -0.15) is 0 Å². The van der Waals surface area contributed by atoms with Gasteiger partial charge in [0.2, 0.25) is 0 Å². The van der Waals surface area contributed by atoms with E-state index >= 15 is 0 Å². The van der Waals surface area contributed by atoms with Crippen molar-refractivity contribution in [3.05, 3.63) is 29.8 Å². The monoisotopic (exact) mass is 192 g/mol. The second-order valence-electron chi connectivity index (χ2n) is 3.16. The van der Waals surface area contributed by atoms with E-state index in [2.05, 4.69) is 19.1 Å².